The van der Waals surface area contributed by atoms with E-state index in [4.69, 9.17) is 0 Å². The Morgan fingerprint density at radius 3 is 2.60 bits per heavy atom. The van der Waals surface area contributed by atoms with E-state index in [1.807, 2.05) is 19.0 Å². The maximum Gasteiger partial charge on any atom is 0.256 e. The number of amides is 1. The molecule has 0 unspecified atom stereocenters. The number of nitrogens with zero attached hydrogens (tertiary/aromatic N) is 3. The van der Waals surface area contributed by atoms with Crippen molar-refractivity contribution in [3.05, 3.63) is 59.3 Å². The Morgan fingerprint density at radius 2 is 2.00 bits per heavy atom. The van der Waals surface area contributed by atoms with E-state index in [9.17, 15) is 18.7 Å². The first-order chi connectivity index (χ1) is 11.9. The molecule has 1 N–H and O–H groups in total. The maximum absolute atomic E-state index is 13.5. The summed E-state index contributed by atoms with van der Waals surface area (Å²) in [6.07, 6.45) is 1.04. The van der Waals surface area contributed by atoms with E-state index in [0.717, 1.165) is 18.0 Å². The normalized spacial score (nSPS) is 20.0. The number of anilines is 1. The molecule has 0 saturated carbocycles. The number of β-amino-alcohol motifs (C(OH)–C–C–N with tert-alkyl or cyclic N) is 1. The lowest BCUT2D eigenvalue weighted by atomic mass is 10.0. The van der Waals surface area contributed by atoms with Crippen LogP contribution in [0, 0.1) is 11.6 Å². The number of likely N-dealkylation sites (tertiary alicyclic amines) is 1. The minimum atomic E-state index is -0.969. The van der Waals surface area contributed by atoms with Crippen molar-refractivity contribution in [2.24, 2.45) is 0 Å². The molecule has 0 radical (unpaired) electrons. The van der Waals surface area contributed by atoms with Crippen molar-refractivity contribution in [3.8, 4) is 0 Å². The van der Waals surface area contributed by atoms with Crippen LogP contribution in [-0.4, -0.2) is 47.6 Å². The van der Waals surface area contributed by atoms with Crippen LogP contribution in [0.15, 0.2) is 36.5 Å². The van der Waals surface area contributed by atoms with Crippen molar-refractivity contribution in [1.29, 1.82) is 0 Å². The van der Waals surface area contributed by atoms with E-state index in [1.54, 1.807) is 12.1 Å². The monoisotopic (exact) mass is 347 g/mol. The third-order valence-electron chi connectivity index (χ3n) is 4.32. The third kappa shape index (κ3) is 3.46. The maximum atomic E-state index is 13.5. The van der Waals surface area contributed by atoms with Gasteiger partial charge in [0.25, 0.3) is 5.91 Å². The Morgan fingerprint density at radius 1 is 1.24 bits per heavy atom. The van der Waals surface area contributed by atoms with Crippen LogP contribution in [0.1, 0.15) is 28.4 Å². The number of halogens is 2. The molecule has 1 amide bonds. The van der Waals surface area contributed by atoms with Gasteiger partial charge < -0.3 is 14.9 Å². The second kappa shape index (κ2) is 6.76. The van der Waals surface area contributed by atoms with Gasteiger partial charge in [-0.25, -0.2) is 13.8 Å². The summed E-state index contributed by atoms with van der Waals surface area (Å²) in [5.74, 6) is -1.49. The molecule has 2 atom stereocenters. The van der Waals surface area contributed by atoms with Crippen LogP contribution in [0.3, 0.4) is 0 Å². The summed E-state index contributed by atoms with van der Waals surface area (Å²) < 4.78 is 26.7. The molecule has 25 heavy (non-hydrogen) atoms. The number of carbonyl (C=O) groups is 1. The summed E-state index contributed by atoms with van der Waals surface area (Å²) in [5.41, 5.74) is 0.842. The summed E-state index contributed by atoms with van der Waals surface area (Å²) in [7, 11) is 3.69. The molecule has 1 aromatic heterocycles. The minimum absolute atomic E-state index is 0.137. The van der Waals surface area contributed by atoms with E-state index in [-0.39, 0.29) is 18.9 Å². The van der Waals surface area contributed by atoms with Crippen LogP contribution in [0.5, 0.6) is 0 Å². The van der Waals surface area contributed by atoms with Gasteiger partial charge in [-0.3, -0.25) is 4.79 Å². The average Bonchev–Trinajstić information content (AvgIpc) is 2.98. The average molecular weight is 347 g/mol. The number of aliphatic hydroxyl groups is 1. The van der Waals surface area contributed by atoms with Crippen LogP contribution >= 0.6 is 0 Å². The van der Waals surface area contributed by atoms with Crippen molar-refractivity contribution in [2.45, 2.75) is 18.6 Å². The molecule has 0 bridgehead atoms. The van der Waals surface area contributed by atoms with Gasteiger partial charge in [0.15, 0.2) is 11.6 Å². The molecule has 2 heterocycles. The fraction of sp³-hybridized carbons (Fsp3) is 0.333. The summed E-state index contributed by atoms with van der Waals surface area (Å²) >= 11 is 0. The lowest BCUT2D eigenvalue weighted by Gasteiger charge is -2.25. The van der Waals surface area contributed by atoms with Gasteiger partial charge in [-0.2, -0.15) is 0 Å². The zero-order valence-electron chi connectivity index (χ0n) is 14.0. The summed E-state index contributed by atoms with van der Waals surface area (Å²) in [6.45, 7) is 0.137. The molecule has 1 aliphatic heterocycles. The number of rotatable bonds is 3. The van der Waals surface area contributed by atoms with Gasteiger partial charge >= 0.3 is 0 Å². The molecule has 5 nitrogen and oxygen atoms in total. The molecular formula is C18H19F2N3O2. The molecule has 2 aromatic rings. The topological polar surface area (TPSA) is 56.7 Å². The van der Waals surface area contributed by atoms with Crippen molar-refractivity contribution in [2.75, 3.05) is 25.5 Å². The van der Waals surface area contributed by atoms with Crippen molar-refractivity contribution < 1.29 is 18.7 Å². The molecule has 0 spiro atoms. The molecule has 1 aromatic carbocycles. The van der Waals surface area contributed by atoms with Crippen LogP contribution < -0.4 is 4.90 Å². The third-order valence-corrected chi connectivity index (χ3v) is 4.32. The Bertz CT molecular complexity index is 780. The van der Waals surface area contributed by atoms with E-state index in [0.29, 0.717) is 11.1 Å². The van der Waals surface area contributed by atoms with Crippen LogP contribution in [-0.2, 0) is 0 Å². The highest BCUT2D eigenvalue weighted by atomic mass is 19.2. The first kappa shape index (κ1) is 17.3. The Labute approximate surface area is 144 Å². The van der Waals surface area contributed by atoms with E-state index in [1.165, 1.54) is 17.2 Å². The van der Waals surface area contributed by atoms with Crippen LogP contribution in [0.25, 0.3) is 0 Å². The first-order valence-corrected chi connectivity index (χ1v) is 7.94. The SMILES string of the molecule is CN(C)c1ccc(C(=O)N2C[C@@H](O)C[C@H]2c2ccc(F)c(F)c2)cn1. The van der Waals surface area contributed by atoms with E-state index < -0.39 is 23.8 Å². The number of hydrogen-bond donors (Lipinski definition) is 1. The fourth-order valence-electron chi connectivity index (χ4n) is 3.02. The number of aliphatic hydroxyl groups excluding tert-OH is 1. The van der Waals surface area contributed by atoms with Crippen molar-refractivity contribution >= 4 is 11.7 Å². The van der Waals surface area contributed by atoms with E-state index in [2.05, 4.69) is 4.98 Å². The van der Waals surface area contributed by atoms with Crippen LogP contribution in [0.4, 0.5) is 14.6 Å². The van der Waals surface area contributed by atoms with Gasteiger partial charge in [0.2, 0.25) is 0 Å². The molecule has 1 saturated heterocycles. The number of hydrogen-bond acceptors (Lipinski definition) is 4. The molecule has 1 fully saturated rings. The second-order valence-electron chi connectivity index (χ2n) is 6.34. The van der Waals surface area contributed by atoms with Crippen molar-refractivity contribution in [3.63, 3.8) is 0 Å². The predicted molar refractivity (Wildman–Crippen MR) is 89.3 cm³/mol. The minimum Gasteiger partial charge on any atom is -0.391 e. The highest BCUT2D eigenvalue weighted by Crippen LogP contribution is 2.34. The molecule has 0 aliphatic carbocycles. The number of benzene rings is 1. The van der Waals surface area contributed by atoms with Crippen LogP contribution in [0.2, 0.25) is 0 Å². The van der Waals surface area contributed by atoms with Gasteiger partial charge in [-0.05, 0) is 36.2 Å². The van der Waals surface area contributed by atoms with Gasteiger partial charge in [0.1, 0.15) is 5.82 Å². The van der Waals surface area contributed by atoms with Crippen molar-refractivity contribution in [1.82, 2.24) is 9.88 Å². The Hall–Kier alpha value is -2.54. The zero-order chi connectivity index (χ0) is 18.1. The Kier molecular flexibility index (Phi) is 4.67. The highest BCUT2D eigenvalue weighted by molar-refractivity contribution is 5.94. The standard InChI is InChI=1S/C18H19F2N3O2/c1-22(2)17-6-4-12(9-21-17)18(25)23-10-13(24)8-16(23)11-3-5-14(19)15(20)7-11/h3-7,9,13,16,24H,8,10H2,1-2H3/t13-,16-/m0/s1. The van der Waals surface area contributed by atoms with Gasteiger partial charge in [0, 0.05) is 26.8 Å². The van der Waals surface area contributed by atoms with Gasteiger partial charge in [0.05, 0.1) is 17.7 Å². The summed E-state index contributed by atoms with van der Waals surface area (Å²) in [4.78, 5) is 20.3. The molecule has 1 aliphatic rings. The molecule has 7 heteroatoms. The number of pyridine rings is 1. The molecular weight excluding hydrogens is 328 g/mol. The predicted octanol–water partition coefficient (Wildman–Crippen LogP) is 2.37. The summed E-state index contributed by atoms with van der Waals surface area (Å²) in [5, 5.41) is 9.98. The number of carbonyl (C=O) groups excluding carboxylic acids is 1. The van der Waals surface area contributed by atoms with E-state index >= 15 is 0 Å². The summed E-state index contributed by atoms with van der Waals surface area (Å²) in [6, 6.07) is 6.43. The first-order valence-electron chi connectivity index (χ1n) is 7.94. The quantitative estimate of drug-likeness (QED) is 0.926. The lowest BCUT2D eigenvalue weighted by molar-refractivity contribution is 0.0715. The second-order valence-corrected chi connectivity index (χ2v) is 6.34. The highest BCUT2D eigenvalue weighted by Gasteiger charge is 2.36. The smallest absolute Gasteiger partial charge is 0.256 e. The zero-order valence-corrected chi connectivity index (χ0v) is 14.0. The molecule has 3 rings (SSSR count). The van der Waals surface area contributed by atoms with Gasteiger partial charge in [-0.1, -0.05) is 6.07 Å². The lowest BCUT2D eigenvalue weighted by Crippen LogP contribution is -2.32. The largest absolute Gasteiger partial charge is 0.391 e. The number of aromatic nitrogens is 1. The molecule has 132 valence electrons. The Balaban J connectivity index is 1.87. The fourth-order valence-corrected chi connectivity index (χ4v) is 3.02. The van der Waals surface area contributed by atoms with Gasteiger partial charge in [-0.15, -0.1) is 0 Å².